The van der Waals surface area contributed by atoms with Crippen LogP contribution in [-0.4, -0.2) is 28.5 Å². The molecule has 0 radical (unpaired) electrons. The molecule has 0 bridgehead atoms. The molecule has 0 aliphatic carbocycles. The number of nitrogens with zero attached hydrogens (tertiary/aromatic N) is 1. The molecule has 0 aliphatic rings. The van der Waals surface area contributed by atoms with Crippen LogP contribution < -0.4 is 16.0 Å². The number of hydrogen-bond donors (Lipinski definition) is 3. The molecule has 3 N–H and O–H groups in total. The highest BCUT2D eigenvalue weighted by Gasteiger charge is 2.16. The first-order valence-electron chi connectivity index (χ1n) is 12.6. The van der Waals surface area contributed by atoms with Crippen molar-refractivity contribution >= 4 is 80.7 Å². The molecule has 5 rings (SSSR count). The van der Waals surface area contributed by atoms with Crippen LogP contribution in [0.25, 0.3) is 17.3 Å². The molecule has 0 aliphatic heterocycles. The summed E-state index contributed by atoms with van der Waals surface area (Å²) in [6.07, 6.45) is 1.64. The molecule has 3 amide bonds. The third-order valence-corrected chi connectivity index (χ3v) is 8.62. The summed E-state index contributed by atoms with van der Waals surface area (Å²) in [4.78, 5) is 44.7. The molecule has 0 saturated heterocycles. The maximum Gasteiger partial charge on any atom is 0.272 e. The van der Waals surface area contributed by atoms with Crippen molar-refractivity contribution in [3.63, 3.8) is 0 Å². The third-order valence-electron chi connectivity index (χ3n) is 5.72. The van der Waals surface area contributed by atoms with Crippen LogP contribution in [0.1, 0.15) is 15.2 Å². The maximum atomic E-state index is 13.2. The van der Waals surface area contributed by atoms with E-state index >= 15 is 0 Å². The summed E-state index contributed by atoms with van der Waals surface area (Å²) < 4.78 is 0. The van der Waals surface area contributed by atoms with E-state index in [1.54, 1.807) is 54.6 Å². The molecule has 2 aromatic heterocycles. The van der Waals surface area contributed by atoms with E-state index in [0.717, 1.165) is 15.3 Å². The van der Waals surface area contributed by atoms with Gasteiger partial charge in [-0.2, -0.15) is 0 Å². The minimum atomic E-state index is -0.467. The normalized spacial score (nSPS) is 11.1. The number of halogens is 1. The lowest BCUT2D eigenvalue weighted by atomic mass is 10.2. The first-order chi connectivity index (χ1) is 20.4. The smallest absolute Gasteiger partial charge is 0.272 e. The fourth-order valence-electron chi connectivity index (χ4n) is 3.75. The predicted molar refractivity (Wildman–Crippen MR) is 173 cm³/mol. The van der Waals surface area contributed by atoms with Crippen molar-refractivity contribution in [3.05, 3.63) is 123 Å². The van der Waals surface area contributed by atoms with Gasteiger partial charge in [0.05, 0.1) is 11.4 Å². The summed E-state index contributed by atoms with van der Waals surface area (Å²) in [7, 11) is 0. The molecule has 7 nitrogen and oxygen atoms in total. The number of hydrogen-bond acceptors (Lipinski definition) is 7. The second-order valence-corrected chi connectivity index (χ2v) is 12.0. The molecule has 0 fully saturated rings. The van der Waals surface area contributed by atoms with E-state index in [1.807, 2.05) is 53.2 Å². The molecule has 42 heavy (non-hydrogen) atoms. The lowest BCUT2D eigenvalue weighted by Crippen LogP contribution is -2.30. The summed E-state index contributed by atoms with van der Waals surface area (Å²) in [6, 6.07) is 27.0. The van der Waals surface area contributed by atoms with Crippen LogP contribution in [0, 0.1) is 0 Å². The second-order valence-electron chi connectivity index (χ2n) is 8.73. The van der Waals surface area contributed by atoms with Crippen LogP contribution in [0.15, 0.2) is 112 Å². The molecule has 2 heterocycles. The van der Waals surface area contributed by atoms with E-state index in [1.165, 1.54) is 34.4 Å². The van der Waals surface area contributed by atoms with Gasteiger partial charge in [0.25, 0.3) is 11.8 Å². The Morgan fingerprint density at radius 2 is 1.69 bits per heavy atom. The number of nitrogens with one attached hydrogen (secondary N) is 3. The van der Waals surface area contributed by atoms with Crippen LogP contribution in [0.3, 0.4) is 0 Å². The number of thiazole rings is 1. The largest absolute Gasteiger partial charge is 0.321 e. The second kappa shape index (κ2) is 14.1. The Morgan fingerprint density at radius 3 is 2.48 bits per heavy atom. The number of thiophene rings is 1. The van der Waals surface area contributed by atoms with Gasteiger partial charge in [-0.25, -0.2) is 4.98 Å². The van der Waals surface area contributed by atoms with E-state index in [-0.39, 0.29) is 23.3 Å². The van der Waals surface area contributed by atoms with Gasteiger partial charge in [0.15, 0.2) is 5.13 Å². The summed E-state index contributed by atoms with van der Waals surface area (Å²) >= 11 is 10.4. The first kappa shape index (κ1) is 29.3. The van der Waals surface area contributed by atoms with E-state index in [2.05, 4.69) is 20.9 Å². The van der Waals surface area contributed by atoms with Crippen LogP contribution in [-0.2, 0) is 9.59 Å². The number of aromatic nitrogens is 1. The zero-order valence-electron chi connectivity index (χ0n) is 21.9. The predicted octanol–water partition coefficient (Wildman–Crippen LogP) is 7.67. The fraction of sp³-hybridized carbons (Fsp3) is 0.0323. The molecular weight excluding hydrogens is 608 g/mol. The Hall–Kier alpha value is -4.22. The van der Waals surface area contributed by atoms with E-state index in [4.69, 9.17) is 11.6 Å². The van der Waals surface area contributed by atoms with Gasteiger partial charge in [0.2, 0.25) is 5.91 Å². The number of rotatable bonds is 10. The standard InChI is InChI=1S/C31H23ClN4O3S3/c32-25-14-5-4-13-24(25)27-18-42-31(35-27)36-28(37)19-41-22-11-6-10-21(16-22)33-30(39)26(17-23-12-7-15-40-23)34-29(38)20-8-2-1-3-9-20/h1-18H,19H2,(H,33,39)(H,34,38)(H,35,36,37)/b26-17-. The molecule has 0 atom stereocenters. The monoisotopic (exact) mass is 630 g/mol. The van der Waals surface area contributed by atoms with E-state index in [0.29, 0.717) is 27.1 Å². The lowest BCUT2D eigenvalue weighted by Gasteiger charge is -2.12. The highest BCUT2D eigenvalue weighted by Crippen LogP contribution is 2.30. The van der Waals surface area contributed by atoms with Gasteiger partial charge in [0, 0.05) is 37.0 Å². The number of carbonyl (C=O) groups excluding carboxylic acids is 3. The Morgan fingerprint density at radius 1 is 0.881 bits per heavy atom. The fourth-order valence-corrected chi connectivity index (χ4v) is 6.12. The molecule has 5 aromatic rings. The number of amides is 3. The van der Waals surface area contributed by atoms with E-state index < -0.39 is 5.91 Å². The molecule has 3 aromatic carbocycles. The Labute approximate surface area is 259 Å². The first-order valence-corrected chi connectivity index (χ1v) is 15.7. The van der Waals surface area contributed by atoms with Crippen LogP contribution in [0.5, 0.6) is 0 Å². The van der Waals surface area contributed by atoms with Gasteiger partial charge >= 0.3 is 0 Å². The van der Waals surface area contributed by atoms with Crippen molar-refractivity contribution in [2.24, 2.45) is 0 Å². The zero-order valence-corrected chi connectivity index (χ0v) is 25.1. The molecule has 0 saturated carbocycles. The van der Waals surface area contributed by atoms with Crippen molar-refractivity contribution in [3.8, 4) is 11.3 Å². The molecular formula is C31H23ClN4O3S3. The van der Waals surface area contributed by atoms with Crippen molar-refractivity contribution in [2.45, 2.75) is 4.90 Å². The topological polar surface area (TPSA) is 100 Å². The Bertz CT molecular complexity index is 1740. The van der Waals surface area contributed by atoms with Gasteiger partial charge in [-0.05, 0) is 53.9 Å². The molecule has 0 spiro atoms. The summed E-state index contributed by atoms with van der Waals surface area (Å²) in [5, 5.41) is 13.2. The number of anilines is 2. The van der Waals surface area contributed by atoms with Crippen LogP contribution in [0.4, 0.5) is 10.8 Å². The number of benzene rings is 3. The van der Waals surface area contributed by atoms with Crippen molar-refractivity contribution in [1.29, 1.82) is 0 Å². The van der Waals surface area contributed by atoms with Crippen molar-refractivity contribution in [2.75, 3.05) is 16.4 Å². The minimum Gasteiger partial charge on any atom is -0.321 e. The maximum absolute atomic E-state index is 13.2. The molecule has 0 unspecified atom stereocenters. The van der Waals surface area contributed by atoms with Crippen LogP contribution >= 0.6 is 46.0 Å². The van der Waals surface area contributed by atoms with Gasteiger partial charge < -0.3 is 16.0 Å². The Balaban J connectivity index is 1.20. The van der Waals surface area contributed by atoms with Crippen LogP contribution in [0.2, 0.25) is 5.02 Å². The van der Waals surface area contributed by atoms with Crippen molar-refractivity contribution < 1.29 is 14.4 Å². The van der Waals surface area contributed by atoms with Gasteiger partial charge in [-0.3, -0.25) is 14.4 Å². The lowest BCUT2D eigenvalue weighted by molar-refractivity contribution is -0.114. The average molecular weight is 631 g/mol. The average Bonchev–Trinajstić information content (AvgIpc) is 3.69. The highest BCUT2D eigenvalue weighted by atomic mass is 35.5. The summed E-state index contributed by atoms with van der Waals surface area (Å²) in [5.41, 5.74) is 2.59. The van der Waals surface area contributed by atoms with Gasteiger partial charge in [-0.1, -0.05) is 60.1 Å². The van der Waals surface area contributed by atoms with Gasteiger partial charge in [-0.15, -0.1) is 34.4 Å². The summed E-state index contributed by atoms with van der Waals surface area (Å²) in [6.45, 7) is 0. The SMILES string of the molecule is O=C(CSc1cccc(NC(=O)/C(=C/c2cccs2)NC(=O)c2ccccc2)c1)Nc1nc(-c2ccccc2Cl)cs1. The van der Waals surface area contributed by atoms with Gasteiger partial charge in [0.1, 0.15) is 5.70 Å². The third kappa shape index (κ3) is 7.95. The summed E-state index contributed by atoms with van der Waals surface area (Å²) in [5.74, 6) is -0.914. The van der Waals surface area contributed by atoms with E-state index in [9.17, 15) is 14.4 Å². The Kier molecular flexibility index (Phi) is 9.83. The number of carbonyl (C=O) groups is 3. The highest BCUT2D eigenvalue weighted by molar-refractivity contribution is 8.00. The number of thioether (sulfide) groups is 1. The minimum absolute atomic E-state index is 0.114. The quantitative estimate of drug-likeness (QED) is 0.109. The van der Waals surface area contributed by atoms with Crippen molar-refractivity contribution in [1.82, 2.24) is 10.3 Å². The molecule has 11 heteroatoms. The zero-order chi connectivity index (χ0) is 29.3. The molecule has 210 valence electrons.